The van der Waals surface area contributed by atoms with Crippen LogP contribution in [0.25, 0.3) is 0 Å². The average Bonchev–Trinajstić information content (AvgIpc) is 3.12. The molecule has 49 heavy (non-hydrogen) atoms. The lowest BCUT2D eigenvalue weighted by Gasteiger charge is -2.49. The van der Waals surface area contributed by atoms with Crippen LogP contribution in [0.4, 0.5) is 4.79 Å². The molecule has 0 saturated carbocycles. The number of nitrogens with zero attached hydrogens (tertiary/aromatic N) is 1. The van der Waals surface area contributed by atoms with Gasteiger partial charge in [0, 0.05) is 11.3 Å². The minimum Gasteiger partial charge on any atom is -0.497 e. The summed E-state index contributed by atoms with van der Waals surface area (Å²) in [5.41, 5.74) is 1.14. The maximum Gasteiger partial charge on any atom is 0.408 e. The molecule has 0 radical (unpaired) electrons. The zero-order valence-electron chi connectivity index (χ0n) is 28.0. The minimum absolute atomic E-state index is 0.0232. The summed E-state index contributed by atoms with van der Waals surface area (Å²) < 4.78 is 16.7. The Morgan fingerprint density at radius 2 is 1.37 bits per heavy atom. The molecule has 0 aliphatic carbocycles. The Kier molecular flexibility index (Phi) is 10.1. The van der Waals surface area contributed by atoms with Crippen molar-refractivity contribution < 1.29 is 28.6 Å². The molecule has 2 amide bonds. The third-order valence-corrected chi connectivity index (χ3v) is 14.2. The zero-order valence-corrected chi connectivity index (χ0v) is 29.7. The van der Waals surface area contributed by atoms with Gasteiger partial charge in [-0.15, -0.1) is 11.8 Å². The standard InChI is InChI=1S/C39H39N2O6PS/c1-39(2,3)47-38(44)40-33-35(42)41-34(37(43)46-24-27-20-22-29(45-4)23-21-27)28(26-49-36(33)41)25-48(30-14-8-5-9-15-30,31-16-10-6-11-17-31)32-18-12-7-13-19-32/h5-23,33,36H,24-26H2,1-4H3/p+1/t33-,36-/m1/s1. The predicted molar refractivity (Wildman–Crippen MR) is 196 cm³/mol. The van der Waals surface area contributed by atoms with Crippen LogP contribution in [0.1, 0.15) is 26.3 Å². The van der Waals surface area contributed by atoms with E-state index in [0.717, 1.165) is 27.1 Å². The van der Waals surface area contributed by atoms with E-state index in [2.05, 4.69) is 41.7 Å². The van der Waals surface area contributed by atoms with Crippen molar-refractivity contribution >= 4 is 52.9 Å². The number of hydrogen-bond donors (Lipinski definition) is 1. The third-order valence-electron chi connectivity index (χ3n) is 8.46. The average molecular weight is 696 g/mol. The van der Waals surface area contributed by atoms with Crippen molar-refractivity contribution in [3.63, 3.8) is 0 Å². The smallest absolute Gasteiger partial charge is 0.408 e. The van der Waals surface area contributed by atoms with Gasteiger partial charge in [0.1, 0.15) is 58.2 Å². The first-order valence-corrected chi connectivity index (χ1v) is 19.1. The fraction of sp³-hybridized carbons (Fsp3) is 0.256. The second-order valence-corrected chi connectivity index (χ2v) is 17.5. The molecular formula is C39H40N2O6PS+. The number of carbonyl (C=O) groups is 3. The van der Waals surface area contributed by atoms with Crippen molar-refractivity contribution in [1.29, 1.82) is 0 Å². The molecule has 1 saturated heterocycles. The number of alkyl carbamates (subject to hydrolysis) is 1. The van der Waals surface area contributed by atoms with Crippen molar-refractivity contribution in [3.8, 4) is 5.75 Å². The van der Waals surface area contributed by atoms with Crippen LogP contribution in [0.15, 0.2) is 127 Å². The number of ether oxygens (including phenoxy) is 3. The third kappa shape index (κ3) is 7.24. The molecule has 1 N–H and O–H groups in total. The van der Waals surface area contributed by atoms with E-state index in [9.17, 15) is 14.4 Å². The van der Waals surface area contributed by atoms with Crippen LogP contribution in [0, 0.1) is 0 Å². The number of hydrogen-bond acceptors (Lipinski definition) is 7. The SMILES string of the molecule is COc1ccc(COC(=O)C2=C(C[P+](c3ccccc3)(c3ccccc3)c3ccccc3)CS[C@@H]3[C@H](NC(=O)OC(C)(C)C)C(=O)N23)cc1. The van der Waals surface area contributed by atoms with Gasteiger partial charge in [0.2, 0.25) is 0 Å². The predicted octanol–water partition coefficient (Wildman–Crippen LogP) is 5.80. The highest BCUT2D eigenvalue weighted by Gasteiger charge is 2.57. The molecule has 252 valence electrons. The Hall–Kier alpha value is -4.59. The monoisotopic (exact) mass is 695 g/mol. The van der Waals surface area contributed by atoms with Gasteiger partial charge >= 0.3 is 12.1 Å². The van der Waals surface area contributed by atoms with E-state index in [4.69, 9.17) is 14.2 Å². The van der Waals surface area contributed by atoms with E-state index in [1.165, 1.54) is 16.7 Å². The summed E-state index contributed by atoms with van der Waals surface area (Å²) in [4.78, 5) is 42.3. The Bertz CT molecular complexity index is 1730. The topological polar surface area (TPSA) is 94.2 Å². The lowest BCUT2D eigenvalue weighted by Crippen LogP contribution is -2.71. The molecule has 0 spiro atoms. The molecule has 2 aliphatic heterocycles. The van der Waals surface area contributed by atoms with Gasteiger partial charge in [-0.25, -0.2) is 9.59 Å². The number of fused-ring (bicyclic) bond motifs is 1. The highest BCUT2D eigenvalue weighted by molar-refractivity contribution is 8.00. The van der Waals surface area contributed by atoms with Crippen LogP contribution >= 0.6 is 19.0 Å². The Labute approximate surface area is 292 Å². The Balaban J connectivity index is 1.43. The molecule has 2 atom stereocenters. The molecule has 0 bridgehead atoms. The fourth-order valence-corrected chi connectivity index (χ4v) is 12.0. The van der Waals surface area contributed by atoms with E-state index in [-0.39, 0.29) is 18.2 Å². The molecule has 2 heterocycles. The molecule has 2 aliphatic rings. The number of esters is 1. The van der Waals surface area contributed by atoms with Crippen LogP contribution in [-0.4, -0.2) is 58.9 Å². The largest absolute Gasteiger partial charge is 0.497 e. The summed E-state index contributed by atoms with van der Waals surface area (Å²) in [5.74, 6) is 0.222. The van der Waals surface area contributed by atoms with Crippen molar-refractivity contribution in [2.45, 2.75) is 44.4 Å². The molecule has 8 nitrogen and oxygen atoms in total. The van der Waals surface area contributed by atoms with Gasteiger partial charge in [0.05, 0.1) is 13.3 Å². The van der Waals surface area contributed by atoms with E-state index in [1.54, 1.807) is 27.9 Å². The number of thioether (sulfide) groups is 1. The molecule has 4 aromatic rings. The minimum atomic E-state index is -2.41. The lowest BCUT2D eigenvalue weighted by molar-refractivity contribution is -0.152. The molecule has 0 aromatic heterocycles. The first-order chi connectivity index (χ1) is 23.6. The molecule has 0 unspecified atom stereocenters. The van der Waals surface area contributed by atoms with Crippen molar-refractivity contribution in [2.24, 2.45) is 0 Å². The second kappa shape index (κ2) is 14.5. The normalized spacial score (nSPS) is 17.5. The zero-order chi connectivity index (χ0) is 34.6. The second-order valence-electron chi connectivity index (χ2n) is 12.9. The van der Waals surface area contributed by atoms with E-state index in [0.29, 0.717) is 17.7 Å². The highest BCUT2D eigenvalue weighted by atomic mass is 32.2. The van der Waals surface area contributed by atoms with Gasteiger partial charge < -0.3 is 19.5 Å². The van der Waals surface area contributed by atoms with Gasteiger partial charge in [-0.2, -0.15) is 0 Å². The lowest BCUT2D eigenvalue weighted by atomic mass is 10.0. The van der Waals surface area contributed by atoms with E-state index < -0.39 is 36.3 Å². The maximum absolute atomic E-state index is 14.2. The number of benzene rings is 4. The Morgan fingerprint density at radius 1 is 0.837 bits per heavy atom. The summed E-state index contributed by atoms with van der Waals surface area (Å²) in [5, 5.41) is 5.75. The molecule has 4 aromatic carbocycles. The summed E-state index contributed by atoms with van der Waals surface area (Å²) in [6, 6.07) is 37.7. The molecular weight excluding hydrogens is 655 g/mol. The van der Waals surface area contributed by atoms with Crippen LogP contribution in [0.3, 0.4) is 0 Å². The quantitative estimate of drug-likeness (QED) is 0.128. The number of nitrogens with one attached hydrogen (secondary N) is 1. The van der Waals surface area contributed by atoms with Crippen LogP contribution in [-0.2, 0) is 25.7 Å². The Morgan fingerprint density at radius 3 is 1.86 bits per heavy atom. The highest BCUT2D eigenvalue weighted by Crippen LogP contribution is 2.58. The van der Waals surface area contributed by atoms with E-state index in [1.807, 2.05) is 78.9 Å². The number of carbonyl (C=O) groups excluding carboxylic acids is 3. The van der Waals surface area contributed by atoms with Crippen molar-refractivity contribution in [3.05, 3.63) is 132 Å². The van der Waals surface area contributed by atoms with Gasteiger partial charge in [0.25, 0.3) is 5.91 Å². The maximum atomic E-state index is 14.2. The van der Waals surface area contributed by atoms with Crippen LogP contribution < -0.4 is 26.0 Å². The molecule has 6 rings (SSSR count). The van der Waals surface area contributed by atoms with Crippen LogP contribution in [0.2, 0.25) is 0 Å². The summed E-state index contributed by atoms with van der Waals surface area (Å²) in [7, 11) is -0.813. The van der Waals surface area contributed by atoms with E-state index >= 15 is 0 Å². The van der Waals surface area contributed by atoms with Gasteiger partial charge in [-0.3, -0.25) is 9.69 Å². The van der Waals surface area contributed by atoms with Crippen molar-refractivity contribution in [1.82, 2.24) is 10.2 Å². The number of methoxy groups -OCH3 is 1. The number of rotatable bonds is 10. The summed E-state index contributed by atoms with van der Waals surface area (Å²) in [6.07, 6.45) is -0.155. The summed E-state index contributed by atoms with van der Waals surface area (Å²) >= 11 is 1.53. The molecule has 1 fully saturated rings. The number of β-lactam (4-membered cyclic amide) rings is 1. The first-order valence-electron chi connectivity index (χ1n) is 16.1. The van der Waals surface area contributed by atoms with Gasteiger partial charge in [-0.05, 0) is 74.9 Å². The van der Waals surface area contributed by atoms with Crippen LogP contribution in [0.5, 0.6) is 5.75 Å². The first kappa shape index (κ1) is 34.3. The summed E-state index contributed by atoms with van der Waals surface area (Å²) in [6.45, 7) is 5.33. The molecule has 10 heteroatoms. The number of amides is 2. The van der Waals surface area contributed by atoms with Gasteiger partial charge in [-0.1, -0.05) is 66.7 Å². The fourth-order valence-electron chi connectivity index (χ4n) is 6.22. The van der Waals surface area contributed by atoms with Crippen molar-refractivity contribution in [2.75, 3.05) is 19.0 Å². The van der Waals surface area contributed by atoms with Gasteiger partial charge in [0.15, 0.2) is 0 Å².